The van der Waals surface area contributed by atoms with Crippen molar-refractivity contribution in [3.8, 4) is 5.88 Å². The van der Waals surface area contributed by atoms with Crippen LogP contribution in [0.25, 0.3) is 4.96 Å². The third kappa shape index (κ3) is 1.94. The van der Waals surface area contributed by atoms with Gasteiger partial charge in [-0.3, -0.25) is 0 Å². The molecule has 0 saturated heterocycles. The lowest BCUT2D eigenvalue weighted by Crippen LogP contribution is -2.45. The first-order valence-electron chi connectivity index (χ1n) is 5.41. The average molecular weight is 254 g/mol. The van der Waals surface area contributed by atoms with Crippen LogP contribution >= 0.6 is 11.3 Å². The van der Waals surface area contributed by atoms with E-state index < -0.39 is 0 Å². The Morgan fingerprint density at radius 1 is 1.59 bits per heavy atom. The van der Waals surface area contributed by atoms with Crippen LogP contribution in [0.3, 0.4) is 0 Å². The van der Waals surface area contributed by atoms with E-state index in [1.165, 1.54) is 15.7 Å². The minimum absolute atomic E-state index is 0.197. The van der Waals surface area contributed by atoms with Crippen molar-refractivity contribution in [2.45, 2.75) is 19.9 Å². The van der Waals surface area contributed by atoms with Gasteiger partial charge in [0, 0.05) is 12.5 Å². The molecule has 2 heterocycles. The summed E-state index contributed by atoms with van der Waals surface area (Å²) in [7, 11) is 1.59. The molecule has 2 rings (SSSR count). The van der Waals surface area contributed by atoms with E-state index in [9.17, 15) is 9.90 Å². The molecule has 0 radical (unpaired) electrons. The first-order chi connectivity index (χ1) is 8.20. The molecule has 6 heteroatoms. The predicted molar refractivity (Wildman–Crippen MR) is 62.4 cm³/mol. The third-order valence-corrected chi connectivity index (χ3v) is 3.56. The molecule has 2 aromatic rings. The average Bonchev–Trinajstić information content (AvgIpc) is 2.79. The van der Waals surface area contributed by atoms with Gasteiger partial charge in [0.05, 0.1) is 18.1 Å². The Morgan fingerprint density at radius 3 is 3.00 bits per heavy atom. The maximum Gasteiger partial charge on any atom is 0.348 e. The molecule has 0 aliphatic rings. The van der Waals surface area contributed by atoms with Crippen molar-refractivity contribution in [3.63, 3.8) is 0 Å². The van der Waals surface area contributed by atoms with Crippen molar-refractivity contribution >= 4 is 16.3 Å². The SMILES string of the molecule is CCc1c([O-])[n+](CCOC)c2sccn2c1=O. The highest BCUT2D eigenvalue weighted by molar-refractivity contribution is 7.14. The summed E-state index contributed by atoms with van der Waals surface area (Å²) in [5.41, 5.74) is 0.124. The Labute approximate surface area is 103 Å². The first kappa shape index (κ1) is 12.1. The molecule has 92 valence electrons. The topological polar surface area (TPSA) is 57.6 Å². The van der Waals surface area contributed by atoms with Crippen LogP contribution in [0.5, 0.6) is 5.88 Å². The molecule has 0 fully saturated rings. The van der Waals surface area contributed by atoms with Crippen LogP contribution in [0.1, 0.15) is 12.5 Å². The zero-order valence-corrected chi connectivity index (χ0v) is 10.6. The van der Waals surface area contributed by atoms with E-state index in [-0.39, 0.29) is 11.4 Å². The zero-order valence-electron chi connectivity index (χ0n) is 9.80. The van der Waals surface area contributed by atoms with Gasteiger partial charge >= 0.3 is 10.5 Å². The molecule has 0 aromatic carbocycles. The van der Waals surface area contributed by atoms with Crippen molar-refractivity contribution in [1.82, 2.24) is 4.40 Å². The lowest BCUT2D eigenvalue weighted by atomic mass is 10.2. The summed E-state index contributed by atoms with van der Waals surface area (Å²) in [4.78, 5) is 12.7. The van der Waals surface area contributed by atoms with Crippen LogP contribution in [0.15, 0.2) is 16.4 Å². The van der Waals surface area contributed by atoms with Gasteiger partial charge in [-0.25, -0.2) is 9.36 Å². The molecule has 0 N–H and O–H groups in total. The fraction of sp³-hybridized carbons (Fsp3) is 0.455. The summed E-state index contributed by atoms with van der Waals surface area (Å²) in [5.74, 6) is -0.197. The molecular formula is C11H14N2O3S. The van der Waals surface area contributed by atoms with Crippen molar-refractivity contribution in [2.75, 3.05) is 13.7 Å². The van der Waals surface area contributed by atoms with Crippen LogP contribution in [0.4, 0.5) is 0 Å². The van der Waals surface area contributed by atoms with Crippen molar-refractivity contribution in [1.29, 1.82) is 0 Å². The van der Waals surface area contributed by atoms with Gasteiger partial charge in [0.1, 0.15) is 12.7 Å². The van der Waals surface area contributed by atoms with Crippen LogP contribution in [0.2, 0.25) is 0 Å². The standard InChI is InChI=1S/C11H14N2O3S/c1-3-8-9(14)12(4-6-16-2)11-13(10(8)15)5-7-17-11/h5,7H,3-4,6H2,1-2H3. The number of nitrogens with zero attached hydrogens (tertiary/aromatic N) is 2. The van der Waals surface area contributed by atoms with Crippen LogP contribution in [0, 0.1) is 0 Å². The Hall–Kier alpha value is -1.40. The molecule has 5 nitrogen and oxygen atoms in total. The normalized spacial score (nSPS) is 11.2. The second kappa shape index (κ2) is 4.85. The quantitative estimate of drug-likeness (QED) is 0.718. The summed E-state index contributed by atoms with van der Waals surface area (Å²) in [6.45, 7) is 2.74. The lowest BCUT2D eigenvalue weighted by Gasteiger charge is -2.13. The van der Waals surface area contributed by atoms with Gasteiger partial charge in [-0.1, -0.05) is 18.3 Å². The second-order valence-electron chi connectivity index (χ2n) is 3.64. The molecule has 0 bridgehead atoms. The summed E-state index contributed by atoms with van der Waals surface area (Å²) in [6.07, 6.45) is 2.15. The van der Waals surface area contributed by atoms with Gasteiger partial charge in [-0.2, -0.15) is 4.40 Å². The van der Waals surface area contributed by atoms with E-state index in [2.05, 4.69) is 0 Å². The molecule has 0 atom stereocenters. The fourth-order valence-electron chi connectivity index (χ4n) is 1.79. The molecule has 0 aliphatic heterocycles. The highest BCUT2D eigenvalue weighted by Gasteiger charge is 2.18. The molecule has 0 spiro atoms. The van der Waals surface area contributed by atoms with Crippen molar-refractivity contribution < 1.29 is 14.4 Å². The molecule has 17 heavy (non-hydrogen) atoms. The number of rotatable bonds is 4. The van der Waals surface area contributed by atoms with Gasteiger partial charge in [0.15, 0.2) is 0 Å². The summed E-state index contributed by atoms with van der Waals surface area (Å²) < 4.78 is 8.12. The van der Waals surface area contributed by atoms with E-state index in [0.717, 1.165) is 0 Å². The smallest absolute Gasteiger partial charge is 0.348 e. The molecule has 0 saturated carbocycles. The van der Waals surface area contributed by atoms with Crippen molar-refractivity contribution in [2.24, 2.45) is 0 Å². The molecule has 0 aliphatic carbocycles. The highest BCUT2D eigenvalue weighted by Crippen LogP contribution is 2.11. The van der Waals surface area contributed by atoms with Crippen LogP contribution < -0.4 is 15.2 Å². The largest absolute Gasteiger partial charge is 0.842 e. The number of methoxy groups -OCH3 is 1. The number of fused-ring (bicyclic) bond motifs is 1. The number of ether oxygens (including phenoxy) is 1. The summed E-state index contributed by atoms with van der Waals surface area (Å²) >= 11 is 1.38. The predicted octanol–water partition coefficient (Wildman–Crippen LogP) is -0.0691. The minimum atomic E-state index is -0.206. The fourth-order valence-corrected chi connectivity index (χ4v) is 2.65. The first-order valence-corrected chi connectivity index (χ1v) is 6.29. The highest BCUT2D eigenvalue weighted by atomic mass is 32.1. The number of hydrogen-bond donors (Lipinski definition) is 0. The number of aromatic nitrogens is 2. The van der Waals surface area contributed by atoms with Gasteiger partial charge in [-0.05, 0) is 6.42 Å². The Bertz CT molecular complexity index is 588. The minimum Gasteiger partial charge on any atom is -0.842 e. The van der Waals surface area contributed by atoms with E-state index in [4.69, 9.17) is 4.74 Å². The Morgan fingerprint density at radius 2 is 2.35 bits per heavy atom. The maximum absolute atomic E-state index is 12.1. The maximum atomic E-state index is 12.1. The van der Waals surface area contributed by atoms with E-state index in [0.29, 0.717) is 30.1 Å². The van der Waals surface area contributed by atoms with Gasteiger partial charge in [0.2, 0.25) is 0 Å². The number of thiazole rings is 1. The number of hydrogen-bond acceptors (Lipinski definition) is 4. The third-order valence-electron chi connectivity index (χ3n) is 2.67. The Kier molecular flexibility index (Phi) is 3.44. The second-order valence-corrected chi connectivity index (χ2v) is 4.52. The molecule has 0 unspecified atom stereocenters. The Balaban J connectivity index is 2.71. The molecular weight excluding hydrogens is 240 g/mol. The molecule has 0 amide bonds. The molecule has 2 aromatic heterocycles. The van der Waals surface area contributed by atoms with Gasteiger partial charge in [0.25, 0.3) is 0 Å². The van der Waals surface area contributed by atoms with E-state index in [1.807, 2.05) is 6.92 Å². The van der Waals surface area contributed by atoms with E-state index in [1.54, 1.807) is 23.3 Å². The van der Waals surface area contributed by atoms with E-state index >= 15 is 0 Å². The van der Waals surface area contributed by atoms with Gasteiger partial charge in [-0.15, -0.1) is 0 Å². The van der Waals surface area contributed by atoms with Crippen LogP contribution in [-0.2, 0) is 17.7 Å². The summed E-state index contributed by atoms with van der Waals surface area (Å²) in [6, 6.07) is 0. The lowest BCUT2D eigenvalue weighted by molar-refractivity contribution is -0.716. The summed E-state index contributed by atoms with van der Waals surface area (Å²) in [5, 5.41) is 13.9. The monoisotopic (exact) mass is 254 g/mol. The van der Waals surface area contributed by atoms with Crippen molar-refractivity contribution in [3.05, 3.63) is 27.5 Å². The van der Waals surface area contributed by atoms with Gasteiger partial charge < -0.3 is 9.84 Å². The zero-order chi connectivity index (χ0) is 12.4. The van der Waals surface area contributed by atoms with Crippen LogP contribution in [-0.4, -0.2) is 18.1 Å².